The number of aliphatic hydroxyl groups is 3. The molecular formula is C23H34O6. The number of esters is 1. The Morgan fingerprint density at radius 2 is 2.00 bits per heavy atom. The Bertz CT molecular complexity index is 746. The van der Waals surface area contributed by atoms with Crippen LogP contribution in [-0.4, -0.2) is 51.5 Å². The third kappa shape index (κ3) is 2.94. The number of ketones is 1. The lowest BCUT2D eigenvalue weighted by Crippen LogP contribution is -2.63. The predicted octanol–water partition coefficient (Wildman–Crippen LogP) is 2.14. The van der Waals surface area contributed by atoms with Gasteiger partial charge in [-0.05, 0) is 67.8 Å². The Morgan fingerprint density at radius 1 is 1.28 bits per heavy atom. The van der Waals surface area contributed by atoms with Crippen molar-refractivity contribution >= 4 is 11.8 Å². The second-order valence-electron chi connectivity index (χ2n) is 10.4. The fraction of sp³-hybridized carbons (Fsp3) is 0.826. The molecule has 0 saturated heterocycles. The smallest absolute Gasteiger partial charge is 0.302 e. The van der Waals surface area contributed by atoms with Gasteiger partial charge >= 0.3 is 5.97 Å². The van der Waals surface area contributed by atoms with Gasteiger partial charge in [-0.3, -0.25) is 9.59 Å². The summed E-state index contributed by atoms with van der Waals surface area (Å²) in [6.07, 6.45) is 4.72. The molecule has 4 aliphatic carbocycles. The SMILES string of the molecule is CC(=O)OC[C@@H](O)[C@@]1(O)CC[C@H]2[C@@H]3CCC4=CC(=O)CC[C@]4(C)[C@H]3[C@@H](O)C[C@@]21C. The molecule has 8 atom stereocenters. The summed E-state index contributed by atoms with van der Waals surface area (Å²) in [6, 6.07) is 0. The monoisotopic (exact) mass is 406 g/mol. The fourth-order valence-corrected chi connectivity index (χ4v) is 7.61. The molecule has 0 spiro atoms. The summed E-state index contributed by atoms with van der Waals surface area (Å²) in [5, 5.41) is 33.6. The standard InChI is InChI=1S/C23H34O6/c1-13(24)29-12-19(27)23(28)9-7-17-16-5-4-14-10-15(25)6-8-21(14,2)20(16)18(26)11-22(17,23)3/h10,16-20,26-28H,4-9,11-12H2,1-3H3/t16-,17-,18-,19+,20+,21-,22-,23-/m0/s1. The largest absolute Gasteiger partial charge is 0.463 e. The summed E-state index contributed by atoms with van der Waals surface area (Å²) in [5.74, 6) is 0.205. The van der Waals surface area contributed by atoms with Crippen molar-refractivity contribution in [2.75, 3.05) is 6.61 Å². The summed E-state index contributed by atoms with van der Waals surface area (Å²) in [5.41, 5.74) is -1.02. The molecule has 0 amide bonds. The minimum absolute atomic E-state index is 0.0710. The molecule has 0 unspecified atom stereocenters. The van der Waals surface area contributed by atoms with Gasteiger partial charge in [0, 0.05) is 18.8 Å². The van der Waals surface area contributed by atoms with Crippen molar-refractivity contribution in [3.05, 3.63) is 11.6 Å². The summed E-state index contributed by atoms with van der Waals surface area (Å²) in [4.78, 5) is 23.1. The van der Waals surface area contributed by atoms with E-state index in [1.54, 1.807) is 0 Å². The highest BCUT2D eigenvalue weighted by atomic mass is 16.5. The molecule has 6 nitrogen and oxygen atoms in total. The topological polar surface area (TPSA) is 104 Å². The van der Waals surface area contributed by atoms with Crippen molar-refractivity contribution in [3.63, 3.8) is 0 Å². The first-order chi connectivity index (χ1) is 13.5. The number of rotatable bonds is 3. The van der Waals surface area contributed by atoms with Crippen LogP contribution in [0.25, 0.3) is 0 Å². The van der Waals surface area contributed by atoms with Gasteiger partial charge in [0.2, 0.25) is 0 Å². The van der Waals surface area contributed by atoms with E-state index in [1.807, 2.05) is 13.0 Å². The lowest BCUT2D eigenvalue weighted by atomic mass is 9.45. The minimum atomic E-state index is -1.39. The van der Waals surface area contributed by atoms with Crippen LogP contribution in [0.3, 0.4) is 0 Å². The van der Waals surface area contributed by atoms with E-state index in [4.69, 9.17) is 4.74 Å². The predicted molar refractivity (Wildman–Crippen MR) is 106 cm³/mol. The molecule has 0 aromatic carbocycles. The summed E-state index contributed by atoms with van der Waals surface area (Å²) < 4.78 is 4.99. The van der Waals surface area contributed by atoms with Gasteiger partial charge in [-0.2, -0.15) is 0 Å². The van der Waals surface area contributed by atoms with Gasteiger partial charge in [0.05, 0.1) is 11.7 Å². The zero-order valence-electron chi connectivity index (χ0n) is 17.7. The van der Waals surface area contributed by atoms with Crippen LogP contribution in [0.1, 0.15) is 65.7 Å². The van der Waals surface area contributed by atoms with Gasteiger partial charge in [0.15, 0.2) is 5.78 Å². The number of carbonyl (C=O) groups excluding carboxylic acids is 2. The molecule has 162 valence electrons. The number of hydrogen-bond acceptors (Lipinski definition) is 6. The number of carbonyl (C=O) groups is 2. The molecule has 0 bridgehead atoms. The number of allylic oxidation sites excluding steroid dienone is 1. The van der Waals surface area contributed by atoms with Crippen LogP contribution in [-0.2, 0) is 14.3 Å². The molecule has 6 heteroatoms. The van der Waals surface area contributed by atoms with Gasteiger partial charge in [0.1, 0.15) is 12.7 Å². The zero-order chi connectivity index (χ0) is 21.2. The molecule has 4 aliphatic rings. The van der Waals surface area contributed by atoms with Crippen LogP contribution in [0.4, 0.5) is 0 Å². The Hall–Kier alpha value is -1.24. The highest BCUT2D eigenvalue weighted by Crippen LogP contribution is 2.68. The average molecular weight is 407 g/mol. The lowest BCUT2D eigenvalue weighted by Gasteiger charge is -2.61. The summed E-state index contributed by atoms with van der Waals surface area (Å²) in [7, 11) is 0. The van der Waals surface area contributed by atoms with Gasteiger partial charge < -0.3 is 20.1 Å². The highest BCUT2D eigenvalue weighted by Gasteiger charge is 2.68. The normalized spacial score (nSPS) is 47.5. The molecular weight excluding hydrogens is 372 g/mol. The van der Waals surface area contributed by atoms with Crippen LogP contribution in [0.5, 0.6) is 0 Å². The maximum Gasteiger partial charge on any atom is 0.302 e. The third-order valence-electron chi connectivity index (χ3n) is 9.11. The van der Waals surface area contributed by atoms with Crippen LogP contribution < -0.4 is 0 Å². The number of aliphatic hydroxyl groups excluding tert-OH is 2. The van der Waals surface area contributed by atoms with Crippen molar-refractivity contribution in [1.82, 2.24) is 0 Å². The van der Waals surface area contributed by atoms with Crippen molar-refractivity contribution in [1.29, 1.82) is 0 Å². The van der Waals surface area contributed by atoms with Crippen molar-refractivity contribution < 1.29 is 29.6 Å². The second-order valence-corrected chi connectivity index (χ2v) is 10.4. The molecule has 0 aromatic heterocycles. The van der Waals surface area contributed by atoms with E-state index in [-0.39, 0.29) is 35.6 Å². The fourth-order valence-electron chi connectivity index (χ4n) is 7.61. The molecule has 3 N–H and O–H groups in total. The minimum Gasteiger partial charge on any atom is -0.463 e. The van der Waals surface area contributed by atoms with Gasteiger partial charge in [-0.15, -0.1) is 0 Å². The molecule has 0 heterocycles. The second kappa shape index (κ2) is 6.89. The average Bonchev–Trinajstić information content (AvgIpc) is 2.91. The van der Waals surface area contributed by atoms with Crippen molar-refractivity contribution in [3.8, 4) is 0 Å². The lowest BCUT2D eigenvalue weighted by molar-refractivity contribution is -0.210. The Kier molecular flexibility index (Phi) is 4.99. The molecule has 0 radical (unpaired) electrons. The number of fused-ring (bicyclic) bond motifs is 5. The van der Waals surface area contributed by atoms with Crippen LogP contribution in [0.15, 0.2) is 11.6 Å². The molecule has 0 aromatic rings. The van der Waals surface area contributed by atoms with Crippen molar-refractivity contribution in [2.24, 2.45) is 28.6 Å². The first-order valence-corrected chi connectivity index (χ1v) is 11.0. The van der Waals surface area contributed by atoms with Crippen LogP contribution >= 0.6 is 0 Å². The van der Waals surface area contributed by atoms with E-state index in [1.165, 1.54) is 12.5 Å². The van der Waals surface area contributed by atoms with E-state index in [0.29, 0.717) is 19.3 Å². The summed E-state index contributed by atoms with van der Waals surface area (Å²) >= 11 is 0. The van der Waals surface area contributed by atoms with E-state index in [2.05, 4.69) is 6.92 Å². The van der Waals surface area contributed by atoms with E-state index in [9.17, 15) is 24.9 Å². The third-order valence-corrected chi connectivity index (χ3v) is 9.11. The Labute approximate surface area is 172 Å². The van der Waals surface area contributed by atoms with Crippen LogP contribution in [0, 0.1) is 28.6 Å². The van der Waals surface area contributed by atoms with Crippen LogP contribution in [0.2, 0.25) is 0 Å². The number of hydrogen-bond donors (Lipinski definition) is 3. The Morgan fingerprint density at radius 3 is 2.69 bits per heavy atom. The molecule has 29 heavy (non-hydrogen) atoms. The highest BCUT2D eigenvalue weighted by molar-refractivity contribution is 5.91. The quantitative estimate of drug-likeness (QED) is 0.621. The Balaban J connectivity index is 1.65. The molecule has 4 rings (SSSR count). The maximum absolute atomic E-state index is 12.0. The molecule has 3 saturated carbocycles. The molecule has 0 aliphatic heterocycles. The first-order valence-electron chi connectivity index (χ1n) is 11.0. The summed E-state index contributed by atoms with van der Waals surface area (Å²) in [6.45, 7) is 5.24. The van der Waals surface area contributed by atoms with E-state index >= 15 is 0 Å². The van der Waals surface area contributed by atoms with Crippen molar-refractivity contribution in [2.45, 2.75) is 83.5 Å². The van der Waals surface area contributed by atoms with Gasteiger partial charge in [-0.25, -0.2) is 0 Å². The van der Waals surface area contributed by atoms with Gasteiger partial charge in [-0.1, -0.05) is 19.4 Å². The maximum atomic E-state index is 12.0. The number of ether oxygens (including phenoxy) is 1. The first kappa shape index (κ1) is 21.0. The zero-order valence-corrected chi connectivity index (χ0v) is 17.7. The van der Waals surface area contributed by atoms with Gasteiger partial charge in [0.25, 0.3) is 0 Å². The van der Waals surface area contributed by atoms with E-state index in [0.717, 1.165) is 25.7 Å². The molecule has 3 fully saturated rings. The van der Waals surface area contributed by atoms with E-state index < -0.39 is 29.2 Å².